The van der Waals surface area contributed by atoms with E-state index in [1.165, 1.54) is 88.4 Å². The van der Waals surface area contributed by atoms with E-state index in [0.717, 1.165) is 6.42 Å². The van der Waals surface area contributed by atoms with E-state index in [1.54, 1.807) is 0 Å². The molecule has 0 radical (unpaired) electrons. The van der Waals surface area contributed by atoms with Gasteiger partial charge < -0.3 is 9.13 Å². The minimum Gasteiger partial charge on any atom is -0.309 e. The molecule has 9 aromatic rings. The van der Waals surface area contributed by atoms with Crippen molar-refractivity contribution in [3.8, 4) is 33.6 Å². The van der Waals surface area contributed by atoms with Crippen LogP contribution in [-0.2, 0) is 6.42 Å². The standard InChI is InChI=1S/C43H28N2/c1-2-13-32(14-3-1)45-39-19-8-6-17-35(39)36-23-24-41-42(43(36)45)37-18-7-9-20-40(37)44(41)33-15-10-12-28(26-33)29-21-22-31-25-30-11-4-5-16-34(30)38(31)27-29/h1-24,26-27H,25H2. The molecule has 0 saturated carbocycles. The zero-order valence-corrected chi connectivity index (χ0v) is 24.6. The monoisotopic (exact) mass is 572 g/mol. The fourth-order valence-corrected chi connectivity index (χ4v) is 7.76. The van der Waals surface area contributed by atoms with Gasteiger partial charge >= 0.3 is 0 Å². The summed E-state index contributed by atoms with van der Waals surface area (Å²) in [6.45, 7) is 0. The summed E-state index contributed by atoms with van der Waals surface area (Å²) >= 11 is 0. The van der Waals surface area contributed by atoms with Crippen LogP contribution in [0.4, 0.5) is 0 Å². The highest BCUT2D eigenvalue weighted by Gasteiger charge is 2.21. The van der Waals surface area contributed by atoms with Crippen LogP contribution in [0.5, 0.6) is 0 Å². The quantitative estimate of drug-likeness (QED) is 0.199. The second-order valence-electron chi connectivity index (χ2n) is 12.2. The number of hydrogen-bond acceptors (Lipinski definition) is 0. The highest BCUT2D eigenvalue weighted by molar-refractivity contribution is 6.26. The molecule has 0 fully saturated rings. The molecule has 0 amide bonds. The number of benzene rings is 7. The van der Waals surface area contributed by atoms with Crippen LogP contribution in [0.1, 0.15) is 11.1 Å². The van der Waals surface area contributed by atoms with Crippen LogP contribution in [0.25, 0.3) is 77.2 Å². The van der Waals surface area contributed by atoms with Gasteiger partial charge in [0.05, 0.1) is 22.1 Å². The zero-order chi connectivity index (χ0) is 29.5. The molecule has 0 N–H and O–H groups in total. The summed E-state index contributed by atoms with van der Waals surface area (Å²) in [4.78, 5) is 0. The lowest BCUT2D eigenvalue weighted by atomic mass is 9.98. The van der Waals surface area contributed by atoms with E-state index < -0.39 is 0 Å². The van der Waals surface area contributed by atoms with Crippen molar-refractivity contribution >= 4 is 43.6 Å². The molecule has 0 unspecified atom stereocenters. The Kier molecular flexibility index (Phi) is 5.09. The van der Waals surface area contributed by atoms with Gasteiger partial charge in [0.2, 0.25) is 0 Å². The van der Waals surface area contributed by atoms with Crippen LogP contribution < -0.4 is 0 Å². The smallest absolute Gasteiger partial charge is 0.0641 e. The summed E-state index contributed by atoms with van der Waals surface area (Å²) in [7, 11) is 0. The van der Waals surface area contributed by atoms with Crippen LogP contribution in [-0.4, -0.2) is 9.13 Å². The Hall–Kier alpha value is -5.86. The molecular formula is C43H28N2. The van der Waals surface area contributed by atoms with Gasteiger partial charge in [-0.15, -0.1) is 0 Å². The van der Waals surface area contributed by atoms with Crippen LogP contribution in [0.3, 0.4) is 0 Å². The van der Waals surface area contributed by atoms with Gasteiger partial charge in [-0.2, -0.15) is 0 Å². The third-order valence-corrected chi connectivity index (χ3v) is 9.72. The van der Waals surface area contributed by atoms with Gasteiger partial charge in [-0.05, 0) is 88.3 Å². The largest absolute Gasteiger partial charge is 0.309 e. The van der Waals surface area contributed by atoms with Crippen LogP contribution in [0.15, 0.2) is 158 Å². The van der Waals surface area contributed by atoms with Gasteiger partial charge in [0.25, 0.3) is 0 Å². The number of hydrogen-bond donors (Lipinski definition) is 0. The van der Waals surface area contributed by atoms with Crippen molar-refractivity contribution in [1.82, 2.24) is 9.13 Å². The molecule has 1 aliphatic rings. The zero-order valence-electron chi connectivity index (χ0n) is 24.6. The summed E-state index contributed by atoms with van der Waals surface area (Å²) in [5.74, 6) is 0. The molecule has 7 aromatic carbocycles. The van der Waals surface area contributed by atoms with Crippen molar-refractivity contribution in [1.29, 1.82) is 0 Å². The van der Waals surface area contributed by atoms with Crippen LogP contribution in [0.2, 0.25) is 0 Å². The second kappa shape index (κ2) is 9.32. The van der Waals surface area contributed by atoms with Crippen molar-refractivity contribution in [2.45, 2.75) is 6.42 Å². The summed E-state index contributed by atoms with van der Waals surface area (Å²) in [5, 5.41) is 5.09. The van der Waals surface area contributed by atoms with Crippen LogP contribution in [0, 0.1) is 0 Å². The predicted octanol–water partition coefficient (Wildman–Crippen LogP) is 11.1. The Labute approximate surface area is 261 Å². The summed E-state index contributed by atoms with van der Waals surface area (Å²) in [5.41, 5.74) is 15.3. The van der Waals surface area contributed by atoms with E-state index in [1.807, 2.05) is 0 Å². The summed E-state index contributed by atoms with van der Waals surface area (Å²) in [6.07, 6.45) is 1.02. The lowest BCUT2D eigenvalue weighted by Crippen LogP contribution is -1.95. The summed E-state index contributed by atoms with van der Waals surface area (Å²) < 4.78 is 4.89. The second-order valence-corrected chi connectivity index (χ2v) is 12.2. The Bertz CT molecular complexity index is 2620. The summed E-state index contributed by atoms with van der Waals surface area (Å²) in [6, 6.07) is 57.9. The Balaban J connectivity index is 1.24. The molecule has 2 heteroatoms. The van der Waals surface area contributed by atoms with Gasteiger partial charge in [0.15, 0.2) is 0 Å². The molecule has 2 heterocycles. The Morgan fingerprint density at radius 3 is 1.96 bits per heavy atom. The van der Waals surface area contributed by atoms with Gasteiger partial charge in [0.1, 0.15) is 0 Å². The normalized spacial score (nSPS) is 12.4. The first-order valence-corrected chi connectivity index (χ1v) is 15.7. The van der Waals surface area contributed by atoms with E-state index in [4.69, 9.17) is 0 Å². The number of para-hydroxylation sites is 3. The highest BCUT2D eigenvalue weighted by atomic mass is 15.0. The van der Waals surface area contributed by atoms with Crippen molar-refractivity contribution in [3.63, 3.8) is 0 Å². The van der Waals surface area contributed by atoms with Crippen molar-refractivity contribution < 1.29 is 0 Å². The SMILES string of the molecule is c1ccc(-n2c3ccccc3c3ccc4c(c5ccccc5n4-c4cccc(-c5ccc6c(c5)-c5ccccc5C6)c4)c32)cc1. The van der Waals surface area contributed by atoms with Crippen molar-refractivity contribution in [2.24, 2.45) is 0 Å². The van der Waals surface area contributed by atoms with E-state index >= 15 is 0 Å². The van der Waals surface area contributed by atoms with Gasteiger partial charge in [-0.25, -0.2) is 0 Å². The van der Waals surface area contributed by atoms with Gasteiger partial charge in [0, 0.05) is 32.9 Å². The highest BCUT2D eigenvalue weighted by Crippen LogP contribution is 2.43. The van der Waals surface area contributed by atoms with E-state index in [-0.39, 0.29) is 0 Å². The molecule has 210 valence electrons. The van der Waals surface area contributed by atoms with E-state index in [2.05, 4.69) is 167 Å². The van der Waals surface area contributed by atoms with E-state index in [0.29, 0.717) is 0 Å². The molecule has 10 rings (SSSR count). The third-order valence-electron chi connectivity index (χ3n) is 9.72. The Morgan fingerprint density at radius 2 is 1.07 bits per heavy atom. The average Bonchev–Trinajstić information content (AvgIpc) is 3.76. The lowest BCUT2D eigenvalue weighted by molar-refractivity contribution is 1.17. The number of rotatable bonds is 3. The van der Waals surface area contributed by atoms with E-state index in [9.17, 15) is 0 Å². The first kappa shape index (κ1) is 24.6. The third kappa shape index (κ3) is 3.51. The molecule has 0 saturated heterocycles. The fraction of sp³-hybridized carbons (Fsp3) is 0.0233. The first-order chi connectivity index (χ1) is 22.3. The van der Waals surface area contributed by atoms with Crippen LogP contribution >= 0.6 is 0 Å². The number of aromatic nitrogens is 2. The molecule has 0 aliphatic heterocycles. The molecule has 2 aromatic heterocycles. The van der Waals surface area contributed by atoms with Crippen molar-refractivity contribution in [2.75, 3.05) is 0 Å². The minimum absolute atomic E-state index is 1.02. The van der Waals surface area contributed by atoms with Gasteiger partial charge in [-0.3, -0.25) is 0 Å². The maximum absolute atomic E-state index is 2.45. The molecule has 0 atom stereocenters. The Morgan fingerprint density at radius 1 is 0.378 bits per heavy atom. The first-order valence-electron chi connectivity index (χ1n) is 15.7. The molecule has 2 nitrogen and oxygen atoms in total. The molecular weight excluding hydrogens is 544 g/mol. The van der Waals surface area contributed by atoms with Crippen molar-refractivity contribution in [3.05, 3.63) is 169 Å². The fourth-order valence-electron chi connectivity index (χ4n) is 7.76. The van der Waals surface area contributed by atoms with Gasteiger partial charge in [-0.1, -0.05) is 109 Å². The maximum Gasteiger partial charge on any atom is 0.0641 e. The molecule has 0 bridgehead atoms. The molecule has 45 heavy (non-hydrogen) atoms. The average molecular weight is 573 g/mol. The minimum atomic E-state index is 1.02. The maximum atomic E-state index is 2.45. The molecule has 1 aliphatic carbocycles. The lowest BCUT2D eigenvalue weighted by Gasteiger charge is -2.12. The number of nitrogens with zero attached hydrogens (tertiary/aromatic N) is 2. The predicted molar refractivity (Wildman–Crippen MR) is 189 cm³/mol. The number of fused-ring (bicyclic) bond motifs is 10. The molecule has 0 spiro atoms. The topological polar surface area (TPSA) is 9.86 Å².